The minimum Gasteiger partial charge on any atom is -0.484 e. The van der Waals surface area contributed by atoms with Gasteiger partial charge >= 0.3 is 0 Å². The van der Waals surface area contributed by atoms with E-state index < -0.39 is 10.0 Å². The normalized spacial score (nSPS) is 20.6. The zero-order chi connectivity index (χ0) is 20.7. The van der Waals surface area contributed by atoms with Crippen molar-refractivity contribution in [3.8, 4) is 5.75 Å². The number of hydrogen-bond acceptors (Lipinski definition) is 4. The Kier molecular flexibility index (Phi) is 7.95. The number of sulfonamides is 1. The van der Waals surface area contributed by atoms with Gasteiger partial charge < -0.3 is 10.1 Å². The Bertz CT molecular complexity index is 748. The van der Waals surface area contributed by atoms with Gasteiger partial charge in [-0.15, -0.1) is 0 Å². The summed E-state index contributed by atoms with van der Waals surface area (Å²) in [4.78, 5) is 12.5. The second-order valence-corrected chi connectivity index (χ2v) is 10.4. The molecule has 0 bridgehead atoms. The fraction of sp³-hybridized carbons (Fsp3) is 0.682. The highest BCUT2D eigenvalue weighted by Gasteiger charge is 2.28. The van der Waals surface area contributed by atoms with Crippen LogP contribution in [0.1, 0.15) is 64.7 Å². The van der Waals surface area contributed by atoms with Crippen LogP contribution in [-0.2, 0) is 14.8 Å². The molecule has 1 heterocycles. The lowest BCUT2D eigenvalue weighted by Crippen LogP contribution is -2.38. The Balaban J connectivity index is 1.49. The van der Waals surface area contributed by atoms with Gasteiger partial charge in [0.25, 0.3) is 5.91 Å². The van der Waals surface area contributed by atoms with Crippen molar-refractivity contribution in [2.45, 2.75) is 75.6 Å². The first-order chi connectivity index (χ1) is 13.9. The van der Waals surface area contributed by atoms with Gasteiger partial charge in [0.2, 0.25) is 10.0 Å². The summed E-state index contributed by atoms with van der Waals surface area (Å²) in [7, 11) is -3.46. The predicted octanol–water partition coefficient (Wildman–Crippen LogP) is 3.72. The van der Waals surface area contributed by atoms with Crippen LogP contribution in [0, 0.1) is 5.92 Å². The quantitative estimate of drug-likeness (QED) is 0.758. The maximum absolute atomic E-state index is 12.8. The summed E-state index contributed by atoms with van der Waals surface area (Å²) in [6.45, 7) is 3.25. The second-order valence-electron chi connectivity index (χ2n) is 8.46. The van der Waals surface area contributed by atoms with Crippen LogP contribution in [0.5, 0.6) is 5.75 Å². The lowest BCUT2D eigenvalue weighted by atomic mass is 9.97. The van der Waals surface area contributed by atoms with E-state index in [0.29, 0.717) is 24.8 Å². The summed E-state index contributed by atoms with van der Waals surface area (Å²) in [6, 6.07) is 6.63. The van der Waals surface area contributed by atoms with Gasteiger partial charge in [-0.05, 0) is 55.9 Å². The topological polar surface area (TPSA) is 75.7 Å². The van der Waals surface area contributed by atoms with Crippen molar-refractivity contribution in [2.75, 3.05) is 19.7 Å². The van der Waals surface area contributed by atoms with Crippen molar-refractivity contribution in [2.24, 2.45) is 5.92 Å². The maximum Gasteiger partial charge on any atom is 0.258 e. The van der Waals surface area contributed by atoms with Crippen molar-refractivity contribution in [3.63, 3.8) is 0 Å². The Morgan fingerprint density at radius 1 is 1.00 bits per heavy atom. The van der Waals surface area contributed by atoms with Crippen molar-refractivity contribution in [1.29, 1.82) is 0 Å². The summed E-state index contributed by atoms with van der Waals surface area (Å²) >= 11 is 0. The number of amides is 1. The first-order valence-corrected chi connectivity index (χ1v) is 12.4. The third-order valence-corrected chi connectivity index (χ3v) is 7.96. The lowest BCUT2D eigenvalue weighted by Gasteiger charge is -2.29. The van der Waals surface area contributed by atoms with Gasteiger partial charge in [0.1, 0.15) is 5.75 Å². The Morgan fingerprint density at radius 2 is 1.59 bits per heavy atom. The molecular formula is C22H34N2O4S. The Hall–Kier alpha value is -1.60. The van der Waals surface area contributed by atoms with Gasteiger partial charge in [-0.2, -0.15) is 4.31 Å². The molecule has 0 aromatic heterocycles. The summed E-state index contributed by atoms with van der Waals surface area (Å²) < 4.78 is 32.7. The lowest BCUT2D eigenvalue weighted by molar-refractivity contribution is -0.123. The minimum atomic E-state index is -3.46. The van der Waals surface area contributed by atoms with Gasteiger partial charge in [0.05, 0.1) is 4.90 Å². The van der Waals surface area contributed by atoms with E-state index in [0.717, 1.165) is 38.5 Å². The Morgan fingerprint density at radius 3 is 2.21 bits per heavy atom. The molecule has 2 aliphatic rings. The summed E-state index contributed by atoms with van der Waals surface area (Å²) in [5.74, 6) is 0.963. The fourth-order valence-electron chi connectivity index (χ4n) is 4.10. The van der Waals surface area contributed by atoms with Crippen LogP contribution < -0.4 is 10.1 Å². The molecule has 1 saturated heterocycles. The zero-order valence-corrected chi connectivity index (χ0v) is 18.3. The zero-order valence-electron chi connectivity index (χ0n) is 17.4. The third kappa shape index (κ3) is 6.44. The largest absolute Gasteiger partial charge is 0.484 e. The van der Waals surface area contributed by atoms with Crippen molar-refractivity contribution in [3.05, 3.63) is 24.3 Å². The average Bonchev–Trinajstić information content (AvgIpc) is 2.69. The molecule has 3 rings (SSSR count). The summed E-state index contributed by atoms with van der Waals surface area (Å²) in [6.07, 6.45) is 9.99. The van der Waals surface area contributed by atoms with Crippen LogP contribution in [0.3, 0.4) is 0 Å². The summed E-state index contributed by atoms with van der Waals surface area (Å²) in [5.41, 5.74) is 0. The Labute approximate surface area is 175 Å². The molecule has 1 aliphatic carbocycles. The molecule has 162 valence electrons. The molecule has 0 atom stereocenters. The van der Waals surface area contributed by atoms with Gasteiger partial charge in [-0.1, -0.05) is 39.0 Å². The molecular weight excluding hydrogens is 388 g/mol. The van der Waals surface area contributed by atoms with E-state index in [1.165, 1.54) is 19.3 Å². The van der Waals surface area contributed by atoms with E-state index in [9.17, 15) is 13.2 Å². The van der Waals surface area contributed by atoms with Gasteiger partial charge in [-0.25, -0.2) is 8.42 Å². The average molecular weight is 423 g/mol. The maximum atomic E-state index is 12.8. The van der Waals surface area contributed by atoms with E-state index in [2.05, 4.69) is 12.2 Å². The SMILES string of the molecule is CC1CCN(S(=O)(=O)c2ccc(OCC(=O)NC3CCCCCCC3)cc2)CC1. The van der Waals surface area contributed by atoms with Crippen LogP contribution in [0.15, 0.2) is 29.2 Å². The van der Waals surface area contributed by atoms with Gasteiger partial charge in [0, 0.05) is 19.1 Å². The summed E-state index contributed by atoms with van der Waals surface area (Å²) in [5, 5.41) is 3.07. The molecule has 1 aromatic carbocycles. The smallest absolute Gasteiger partial charge is 0.258 e. The van der Waals surface area contributed by atoms with Gasteiger partial charge in [0.15, 0.2) is 6.61 Å². The van der Waals surface area contributed by atoms with Crippen LogP contribution >= 0.6 is 0 Å². The highest BCUT2D eigenvalue weighted by atomic mass is 32.2. The number of piperidine rings is 1. The van der Waals surface area contributed by atoms with E-state index in [4.69, 9.17) is 4.74 Å². The highest BCUT2D eigenvalue weighted by Crippen LogP contribution is 2.25. The molecule has 0 unspecified atom stereocenters. The molecule has 1 amide bonds. The molecule has 1 N–H and O–H groups in total. The van der Waals surface area contributed by atoms with Crippen LogP contribution in [0.2, 0.25) is 0 Å². The van der Waals surface area contributed by atoms with Crippen LogP contribution in [0.25, 0.3) is 0 Å². The molecule has 2 fully saturated rings. The number of hydrogen-bond donors (Lipinski definition) is 1. The predicted molar refractivity (Wildman–Crippen MR) is 113 cm³/mol. The molecule has 29 heavy (non-hydrogen) atoms. The number of carbonyl (C=O) groups is 1. The van der Waals surface area contributed by atoms with Crippen molar-refractivity contribution < 1.29 is 17.9 Å². The highest BCUT2D eigenvalue weighted by molar-refractivity contribution is 7.89. The molecule has 0 radical (unpaired) electrons. The number of benzene rings is 1. The first-order valence-electron chi connectivity index (χ1n) is 11.0. The van der Waals surface area contributed by atoms with Crippen LogP contribution in [0.4, 0.5) is 0 Å². The third-order valence-electron chi connectivity index (χ3n) is 6.04. The fourth-order valence-corrected chi connectivity index (χ4v) is 5.57. The monoisotopic (exact) mass is 422 g/mol. The van der Waals surface area contributed by atoms with Gasteiger partial charge in [-0.3, -0.25) is 4.79 Å². The minimum absolute atomic E-state index is 0.0490. The molecule has 7 heteroatoms. The molecule has 1 saturated carbocycles. The second kappa shape index (κ2) is 10.4. The van der Waals surface area contributed by atoms with E-state index in [1.807, 2.05) is 0 Å². The number of ether oxygens (including phenoxy) is 1. The van der Waals surface area contributed by atoms with E-state index >= 15 is 0 Å². The van der Waals surface area contributed by atoms with Crippen molar-refractivity contribution in [1.82, 2.24) is 9.62 Å². The van der Waals surface area contributed by atoms with E-state index in [1.54, 1.807) is 28.6 Å². The molecule has 1 aromatic rings. The first kappa shape index (κ1) is 22.1. The number of nitrogens with one attached hydrogen (secondary N) is 1. The standard InChI is InChI=1S/C22H34N2O4S/c1-18-13-15-24(16-14-18)29(26,27)21-11-9-20(10-12-21)28-17-22(25)23-19-7-5-3-2-4-6-8-19/h9-12,18-19H,2-8,13-17H2,1H3,(H,23,25). The van der Waals surface area contributed by atoms with Crippen LogP contribution in [-0.4, -0.2) is 44.4 Å². The number of nitrogens with zero attached hydrogens (tertiary/aromatic N) is 1. The van der Waals surface area contributed by atoms with Crippen molar-refractivity contribution >= 4 is 15.9 Å². The molecule has 1 aliphatic heterocycles. The molecule has 6 nitrogen and oxygen atoms in total. The van der Waals surface area contributed by atoms with E-state index in [-0.39, 0.29) is 23.5 Å². The molecule has 0 spiro atoms. The number of rotatable bonds is 6. The number of carbonyl (C=O) groups excluding carboxylic acids is 1.